The molecule has 0 aromatic carbocycles. The van der Waals surface area contributed by atoms with Crippen LogP contribution in [0.3, 0.4) is 0 Å². The molecule has 4 aromatic heterocycles. The first-order valence-corrected chi connectivity index (χ1v) is 11.8. The van der Waals surface area contributed by atoms with Crippen LogP contribution in [0.25, 0.3) is 0 Å². The molecule has 4 aromatic rings. The molecule has 0 saturated heterocycles. The maximum Gasteiger partial charge on any atom is 0.133 e. The number of rotatable bonds is 8. The molecule has 0 amide bonds. The van der Waals surface area contributed by atoms with Crippen LogP contribution in [0, 0.1) is 0 Å². The summed E-state index contributed by atoms with van der Waals surface area (Å²) in [6, 6.07) is 16.0. The van der Waals surface area contributed by atoms with Crippen LogP contribution in [-0.2, 0) is 0 Å². The molecule has 0 spiro atoms. The molecule has 140 valence electrons. The van der Waals surface area contributed by atoms with Crippen LogP contribution in [0.2, 0.25) is 0 Å². The van der Waals surface area contributed by atoms with Crippen LogP contribution in [0.5, 0.6) is 0 Å². The van der Waals surface area contributed by atoms with Crippen molar-refractivity contribution in [2.24, 2.45) is 0 Å². The third kappa shape index (κ3) is 3.98. The van der Waals surface area contributed by atoms with Gasteiger partial charge in [0.25, 0.3) is 0 Å². The van der Waals surface area contributed by atoms with Gasteiger partial charge in [-0.05, 0) is 66.3 Å². The van der Waals surface area contributed by atoms with Crippen molar-refractivity contribution in [1.82, 2.24) is 0 Å². The largest absolute Gasteiger partial charge is 0.464 e. The van der Waals surface area contributed by atoms with Gasteiger partial charge in [0, 0.05) is 15.8 Å². The van der Waals surface area contributed by atoms with Crippen molar-refractivity contribution in [3.05, 3.63) is 73.6 Å². The van der Waals surface area contributed by atoms with E-state index in [4.69, 9.17) is 17.7 Å². The predicted octanol–water partition coefficient (Wildman–Crippen LogP) is 4.79. The average molecular weight is 400 g/mol. The van der Waals surface area contributed by atoms with Crippen molar-refractivity contribution in [2.75, 3.05) is 0 Å². The molecular weight excluding hydrogens is 378 g/mol. The van der Waals surface area contributed by atoms with E-state index in [-0.39, 0.29) is 0 Å². The lowest BCUT2D eigenvalue weighted by molar-refractivity contribution is 0.587. The Morgan fingerprint density at radius 2 is 0.889 bits per heavy atom. The molecule has 6 heteroatoms. The first-order valence-electron chi connectivity index (χ1n) is 8.96. The van der Waals surface area contributed by atoms with E-state index in [1.807, 2.05) is 24.3 Å². The summed E-state index contributed by atoms with van der Waals surface area (Å²) in [5.41, 5.74) is 4.78. The second-order valence-electron chi connectivity index (χ2n) is 6.48. The van der Waals surface area contributed by atoms with Gasteiger partial charge in [0.2, 0.25) is 0 Å². The summed E-state index contributed by atoms with van der Waals surface area (Å²) in [4.78, 5) is 0. The molecule has 0 bridgehead atoms. The Kier molecular flexibility index (Phi) is 5.66. The fourth-order valence-electron chi connectivity index (χ4n) is 3.42. The SMILES string of the molecule is C[C@H](C[C@@H](C)P(c1ccco1)c1ccco1)P(c1ccco1)c1ccco1. The summed E-state index contributed by atoms with van der Waals surface area (Å²) >= 11 is 0. The lowest BCUT2D eigenvalue weighted by atomic mass is 10.3. The molecule has 0 radical (unpaired) electrons. The van der Waals surface area contributed by atoms with Gasteiger partial charge in [0.05, 0.1) is 25.1 Å². The third-order valence-corrected chi connectivity index (χ3v) is 9.64. The molecule has 27 heavy (non-hydrogen) atoms. The van der Waals surface area contributed by atoms with E-state index in [9.17, 15) is 0 Å². The van der Waals surface area contributed by atoms with Crippen LogP contribution < -0.4 is 22.0 Å². The molecule has 0 aliphatic heterocycles. The Morgan fingerprint density at radius 1 is 0.593 bits per heavy atom. The lowest BCUT2D eigenvalue weighted by Gasteiger charge is -2.27. The summed E-state index contributed by atoms with van der Waals surface area (Å²) in [5, 5.41) is 0. The zero-order valence-corrected chi connectivity index (χ0v) is 17.1. The standard InChI is InChI=1S/C21H22O4P2/c1-16(26(18-7-3-11-22-18)19-8-4-12-23-19)15-17(2)27(20-9-5-13-24-20)21-10-6-14-25-21/h3-14,16-17H,15H2,1-2H3/t16-,17-/m1/s1. The molecule has 4 heterocycles. The molecule has 0 fully saturated rings. The second-order valence-corrected chi connectivity index (χ2v) is 11.5. The van der Waals surface area contributed by atoms with E-state index in [0.29, 0.717) is 11.3 Å². The van der Waals surface area contributed by atoms with Crippen molar-refractivity contribution in [2.45, 2.75) is 31.6 Å². The lowest BCUT2D eigenvalue weighted by Crippen LogP contribution is -2.24. The molecule has 4 rings (SSSR count). The van der Waals surface area contributed by atoms with E-state index in [2.05, 4.69) is 38.1 Å². The maximum absolute atomic E-state index is 5.76. The van der Waals surface area contributed by atoms with E-state index < -0.39 is 15.8 Å². The quantitative estimate of drug-likeness (QED) is 0.399. The summed E-state index contributed by atoms with van der Waals surface area (Å²) in [7, 11) is -1.39. The molecule has 0 aliphatic carbocycles. The Bertz CT molecular complexity index is 751. The topological polar surface area (TPSA) is 52.6 Å². The molecule has 0 unspecified atom stereocenters. The van der Waals surface area contributed by atoms with Crippen LogP contribution >= 0.6 is 15.8 Å². The van der Waals surface area contributed by atoms with Crippen molar-refractivity contribution in [1.29, 1.82) is 0 Å². The van der Waals surface area contributed by atoms with E-state index in [1.165, 1.54) is 0 Å². The van der Waals surface area contributed by atoms with Crippen LogP contribution in [-0.4, -0.2) is 11.3 Å². The van der Waals surface area contributed by atoms with Crippen molar-refractivity contribution < 1.29 is 17.7 Å². The molecule has 2 atom stereocenters. The van der Waals surface area contributed by atoms with Crippen LogP contribution in [0.4, 0.5) is 0 Å². The molecule has 4 nitrogen and oxygen atoms in total. The molecule has 0 N–H and O–H groups in total. The van der Waals surface area contributed by atoms with Crippen LogP contribution in [0.1, 0.15) is 20.3 Å². The third-order valence-electron chi connectivity index (χ3n) is 4.54. The van der Waals surface area contributed by atoms with Gasteiger partial charge in [-0.25, -0.2) is 0 Å². The Hall–Kier alpha value is -2.02. The fraction of sp³-hybridized carbons (Fsp3) is 0.238. The average Bonchev–Trinajstić information content (AvgIpc) is 3.45. The van der Waals surface area contributed by atoms with Crippen LogP contribution in [0.15, 0.2) is 91.3 Å². The minimum absolute atomic E-state index is 0.391. The van der Waals surface area contributed by atoms with Gasteiger partial charge < -0.3 is 17.7 Å². The Labute approximate surface area is 161 Å². The summed E-state index contributed by atoms with van der Waals surface area (Å²) in [6.45, 7) is 4.57. The number of furan rings is 4. The number of hydrogen-bond acceptors (Lipinski definition) is 4. The maximum atomic E-state index is 5.76. The Morgan fingerprint density at radius 3 is 1.11 bits per heavy atom. The van der Waals surface area contributed by atoms with Gasteiger partial charge in [-0.3, -0.25) is 0 Å². The van der Waals surface area contributed by atoms with Gasteiger partial charge in [-0.15, -0.1) is 0 Å². The van der Waals surface area contributed by atoms with E-state index >= 15 is 0 Å². The van der Waals surface area contributed by atoms with Crippen molar-refractivity contribution in [3.8, 4) is 0 Å². The summed E-state index contributed by atoms with van der Waals surface area (Å²) < 4.78 is 23.1. The highest BCUT2D eigenvalue weighted by Gasteiger charge is 2.32. The molecule has 0 saturated carbocycles. The highest BCUT2D eigenvalue weighted by Crippen LogP contribution is 2.48. The molecule has 0 aliphatic rings. The predicted molar refractivity (Wildman–Crippen MR) is 111 cm³/mol. The van der Waals surface area contributed by atoms with E-state index in [0.717, 1.165) is 28.4 Å². The monoisotopic (exact) mass is 400 g/mol. The van der Waals surface area contributed by atoms with Gasteiger partial charge in [0.15, 0.2) is 0 Å². The van der Waals surface area contributed by atoms with Gasteiger partial charge in [-0.2, -0.15) is 0 Å². The summed E-state index contributed by atoms with van der Waals surface area (Å²) in [6.07, 6.45) is 7.97. The second kappa shape index (κ2) is 8.33. The first-order chi connectivity index (χ1) is 13.2. The minimum atomic E-state index is -0.694. The van der Waals surface area contributed by atoms with Gasteiger partial charge in [-0.1, -0.05) is 13.8 Å². The van der Waals surface area contributed by atoms with Crippen molar-refractivity contribution in [3.63, 3.8) is 0 Å². The molecular formula is C21H22O4P2. The first kappa shape index (κ1) is 18.3. The number of hydrogen-bond donors (Lipinski definition) is 0. The zero-order valence-electron chi connectivity index (χ0n) is 15.3. The van der Waals surface area contributed by atoms with Crippen molar-refractivity contribution >= 4 is 37.8 Å². The summed E-state index contributed by atoms with van der Waals surface area (Å²) in [5.74, 6) is 0. The fourth-order valence-corrected chi connectivity index (χ4v) is 8.50. The van der Waals surface area contributed by atoms with Gasteiger partial charge in [0.1, 0.15) is 22.0 Å². The highest BCUT2D eigenvalue weighted by atomic mass is 31.1. The van der Waals surface area contributed by atoms with E-state index in [1.54, 1.807) is 25.1 Å². The minimum Gasteiger partial charge on any atom is -0.464 e. The smallest absolute Gasteiger partial charge is 0.133 e. The highest BCUT2D eigenvalue weighted by molar-refractivity contribution is 7.73. The van der Waals surface area contributed by atoms with Gasteiger partial charge >= 0.3 is 0 Å². The normalized spacial score (nSPS) is 14.1. The zero-order chi connectivity index (χ0) is 18.6. The Balaban J connectivity index is 1.59.